The Labute approximate surface area is 447 Å². The van der Waals surface area contributed by atoms with E-state index in [0.29, 0.717) is 5.82 Å². The van der Waals surface area contributed by atoms with Crippen LogP contribution in [0.25, 0.3) is 154 Å². The van der Waals surface area contributed by atoms with Crippen LogP contribution in [0, 0.1) is 0 Å². The highest BCUT2D eigenvalue weighted by Gasteiger charge is 2.22. The summed E-state index contributed by atoms with van der Waals surface area (Å²) in [5.74, 6) is 1.52. The zero-order valence-electron chi connectivity index (χ0n) is 42.1. The van der Waals surface area contributed by atoms with Gasteiger partial charge in [-0.2, -0.15) is 0 Å². The Morgan fingerprint density at radius 1 is 0.218 bits per heavy atom. The average molecular weight is 993 g/mol. The molecule has 6 nitrogen and oxygen atoms in total. The number of hydrogen-bond acceptors (Lipinski definition) is 2. The third-order valence-corrected chi connectivity index (χ3v) is 16.4. The van der Waals surface area contributed by atoms with Crippen molar-refractivity contribution in [1.82, 2.24) is 28.2 Å². The van der Waals surface area contributed by atoms with Crippen molar-refractivity contribution in [3.63, 3.8) is 0 Å². The summed E-state index contributed by atoms with van der Waals surface area (Å²) in [4.78, 5) is 11.0. The van der Waals surface area contributed by atoms with E-state index in [-0.39, 0.29) is 0 Å². The standard InChI is InChI=1S/C72H44N6/c1-2-19-52-46(16-1)36-39-59-70(52)73-71(74-72(59)78-67-31-14-8-25-58(67)61-44-51(38-41-69(61)78)77-64-28-11-5-22-55(64)56-23-6-12-29-65(56)77)47-34-32-45(33-35-47)48-17-15-18-49(42-48)75-66-30-13-7-24-57(66)60-43-50(37-40-68(60)75)76-62-26-9-3-20-53(62)54-21-4-10-27-63(54)76/h1-44H. The maximum absolute atomic E-state index is 5.58. The number of hydrogen-bond donors (Lipinski definition) is 0. The molecule has 0 aliphatic heterocycles. The molecule has 0 saturated heterocycles. The van der Waals surface area contributed by atoms with E-state index in [4.69, 9.17) is 9.97 Å². The summed E-state index contributed by atoms with van der Waals surface area (Å²) in [5.41, 5.74) is 16.8. The van der Waals surface area contributed by atoms with Crippen LogP contribution >= 0.6 is 0 Å². The fourth-order valence-electron chi connectivity index (χ4n) is 12.9. The molecule has 0 amide bonds. The molecule has 5 heterocycles. The van der Waals surface area contributed by atoms with Gasteiger partial charge < -0.3 is 13.7 Å². The summed E-state index contributed by atoms with van der Waals surface area (Å²) in [6.45, 7) is 0. The Balaban J connectivity index is 0.789. The van der Waals surface area contributed by atoms with Gasteiger partial charge in [-0.25, -0.2) is 9.97 Å². The van der Waals surface area contributed by atoms with Crippen molar-refractivity contribution >= 4 is 109 Å². The van der Waals surface area contributed by atoms with E-state index in [1.54, 1.807) is 0 Å². The van der Waals surface area contributed by atoms with Gasteiger partial charge in [-0.15, -0.1) is 0 Å². The lowest BCUT2D eigenvalue weighted by Gasteiger charge is -2.15. The Hall–Kier alpha value is -10.6. The molecule has 6 heteroatoms. The molecule has 0 saturated carbocycles. The maximum atomic E-state index is 5.58. The molecular weight excluding hydrogens is 949 g/mol. The second kappa shape index (κ2) is 16.5. The molecular formula is C72H44N6. The van der Waals surface area contributed by atoms with Crippen LogP contribution < -0.4 is 0 Å². The topological polar surface area (TPSA) is 45.5 Å². The minimum absolute atomic E-state index is 0.674. The van der Waals surface area contributed by atoms with E-state index in [1.807, 2.05) is 0 Å². The third-order valence-electron chi connectivity index (χ3n) is 16.4. The van der Waals surface area contributed by atoms with Gasteiger partial charge in [-0.05, 0) is 108 Å². The van der Waals surface area contributed by atoms with Crippen molar-refractivity contribution in [1.29, 1.82) is 0 Å². The lowest BCUT2D eigenvalue weighted by molar-refractivity contribution is 1.08. The fourth-order valence-corrected chi connectivity index (χ4v) is 12.9. The largest absolute Gasteiger partial charge is 0.309 e. The molecule has 17 aromatic rings. The molecule has 78 heavy (non-hydrogen) atoms. The highest BCUT2D eigenvalue weighted by Crippen LogP contribution is 2.41. The summed E-state index contributed by atoms with van der Waals surface area (Å²) in [6.07, 6.45) is 0. The van der Waals surface area contributed by atoms with Crippen LogP contribution in [0.5, 0.6) is 0 Å². The molecule has 0 unspecified atom stereocenters. The average Bonchev–Trinajstić information content (AvgIpc) is 4.39. The van der Waals surface area contributed by atoms with Crippen molar-refractivity contribution in [3.05, 3.63) is 267 Å². The second-order valence-electron chi connectivity index (χ2n) is 20.5. The highest BCUT2D eigenvalue weighted by molar-refractivity contribution is 6.16. The minimum atomic E-state index is 0.674. The van der Waals surface area contributed by atoms with Crippen molar-refractivity contribution in [2.45, 2.75) is 0 Å². The molecule has 0 aliphatic rings. The first-order chi connectivity index (χ1) is 38.7. The molecule has 0 aliphatic carbocycles. The summed E-state index contributed by atoms with van der Waals surface area (Å²) in [7, 11) is 0. The van der Waals surface area contributed by atoms with Crippen molar-refractivity contribution in [2.24, 2.45) is 0 Å². The molecule has 0 N–H and O–H groups in total. The van der Waals surface area contributed by atoms with Gasteiger partial charge in [0.25, 0.3) is 0 Å². The predicted octanol–water partition coefficient (Wildman–Crippen LogP) is 18.5. The van der Waals surface area contributed by atoms with Crippen molar-refractivity contribution < 1.29 is 0 Å². The summed E-state index contributed by atoms with van der Waals surface area (Å²) < 4.78 is 9.56. The van der Waals surface area contributed by atoms with E-state index in [0.717, 1.165) is 83.2 Å². The maximum Gasteiger partial charge on any atom is 0.162 e. The summed E-state index contributed by atoms with van der Waals surface area (Å²) in [5, 5.41) is 13.0. The molecule has 0 fully saturated rings. The molecule has 0 bridgehead atoms. The summed E-state index contributed by atoms with van der Waals surface area (Å²) >= 11 is 0. The third kappa shape index (κ3) is 6.19. The molecule has 0 atom stereocenters. The van der Waals surface area contributed by atoms with Gasteiger partial charge in [-0.1, -0.05) is 176 Å². The molecule has 17 rings (SSSR count). The van der Waals surface area contributed by atoms with Gasteiger partial charge in [0.15, 0.2) is 5.82 Å². The van der Waals surface area contributed by atoms with Gasteiger partial charge in [-0.3, -0.25) is 4.57 Å². The molecule has 362 valence electrons. The smallest absolute Gasteiger partial charge is 0.162 e. The van der Waals surface area contributed by atoms with E-state index < -0.39 is 0 Å². The van der Waals surface area contributed by atoms with Crippen LogP contribution in [0.3, 0.4) is 0 Å². The highest BCUT2D eigenvalue weighted by atomic mass is 15.1. The Bertz CT molecular complexity index is 5230. The lowest BCUT2D eigenvalue weighted by Crippen LogP contribution is -2.03. The first kappa shape index (κ1) is 42.8. The number of aromatic nitrogens is 6. The van der Waals surface area contributed by atoms with E-state index in [1.165, 1.54) is 65.3 Å². The molecule has 0 spiro atoms. The van der Waals surface area contributed by atoms with Gasteiger partial charge in [0.1, 0.15) is 5.82 Å². The monoisotopic (exact) mass is 992 g/mol. The Morgan fingerprint density at radius 2 is 0.615 bits per heavy atom. The van der Waals surface area contributed by atoms with Crippen molar-refractivity contribution in [3.8, 4) is 45.4 Å². The first-order valence-corrected chi connectivity index (χ1v) is 26.6. The van der Waals surface area contributed by atoms with Gasteiger partial charge >= 0.3 is 0 Å². The Morgan fingerprint density at radius 3 is 1.13 bits per heavy atom. The minimum Gasteiger partial charge on any atom is -0.309 e. The van der Waals surface area contributed by atoms with E-state index in [9.17, 15) is 0 Å². The quantitative estimate of drug-likeness (QED) is 0.156. The van der Waals surface area contributed by atoms with Crippen molar-refractivity contribution in [2.75, 3.05) is 0 Å². The van der Waals surface area contributed by atoms with Gasteiger partial charge in [0.05, 0.1) is 49.7 Å². The SMILES string of the molecule is c1cc(-c2ccc(-c3nc(-n4c5ccccc5c5cc(-n6c7ccccc7c7ccccc76)ccc54)c4ccc5ccccc5c4n3)cc2)cc(-n2c3ccccc3c3cc(-n4c5ccccc5c5ccccc54)ccc32)c1. The first-order valence-electron chi connectivity index (χ1n) is 26.6. The number of para-hydroxylation sites is 6. The normalized spacial score (nSPS) is 12.1. The van der Waals surface area contributed by atoms with Crippen LogP contribution in [0.1, 0.15) is 0 Å². The number of benzene rings is 12. The van der Waals surface area contributed by atoms with Crippen LogP contribution in [0.15, 0.2) is 267 Å². The molecule has 12 aromatic carbocycles. The van der Waals surface area contributed by atoms with Gasteiger partial charge in [0.2, 0.25) is 0 Å². The summed E-state index contributed by atoms with van der Waals surface area (Å²) in [6, 6.07) is 96.8. The lowest BCUT2D eigenvalue weighted by atomic mass is 10.0. The number of rotatable bonds is 6. The van der Waals surface area contributed by atoms with Gasteiger partial charge in [0, 0.05) is 76.5 Å². The number of nitrogens with zero attached hydrogens (tertiary/aromatic N) is 6. The van der Waals surface area contributed by atoms with Crippen LogP contribution in [0.4, 0.5) is 0 Å². The van der Waals surface area contributed by atoms with E-state index >= 15 is 0 Å². The molecule has 5 aromatic heterocycles. The fraction of sp³-hybridized carbons (Fsp3) is 0. The van der Waals surface area contributed by atoms with Crippen LogP contribution in [-0.4, -0.2) is 28.2 Å². The zero-order chi connectivity index (χ0) is 51.0. The second-order valence-corrected chi connectivity index (χ2v) is 20.5. The van der Waals surface area contributed by atoms with Crippen LogP contribution in [0.2, 0.25) is 0 Å². The molecule has 0 radical (unpaired) electrons. The zero-order valence-corrected chi connectivity index (χ0v) is 42.1. The number of fused-ring (bicyclic) bond motifs is 15. The van der Waals surface area contributed by atoms with E-state index in [2.05, 4.69) is 285 Å². The Kier molecular flexibility index (Phi) is 9.03. The van der Waals surface area contributed by atoms with Crippen LogP contribution in [-0.2, 0) is 0 Å². The predicted molar refractivity (Wildman–Crippen MR) is 325 cm³/mol.